The molecule has 0 atom stereocenters. The molecule has 0 saturated heterocycles. The first-order chi connectivity index (χ1) is 13.1. The Morgan fingerprint density at radius 1 is 0.889 bits per heavy atom. The second-order valence-electron chi connectivity index (χ2n) is 5.85. The van der Waals surface area contributed by atoms with E-state index in [4.69, 9.17) is 14.2 Å². The second kappa shape index (κ2) is 7.83. The molecule has 0 amide bonds. The Labute approximate surface area is 157 Å². The van der Waals surface area contributed by atoms with Gasteiger partial charge in [-0.2, -0.15) is 0 Å². The lowest BCUT2D eigenvalue weighted by molar-refractivity contribution is -0.130. The van der Waals surface area contributed by atoms with E-state index < -0.39 is 5.97 Å². The van der Waals surface area contributed by atoms with Crippen LogP contribution >= 0.6 is 0 Å². The third-order valence-electron chi connectivity index (χ3n) is 4.31. The largest absolute Gasteiger partial charge is 0.493 e. The van der Waals surface area contributed by atoms with E-state index in [1.54, 1.807) is 24.3 Å². The molecule has 0 aliphatic heterocycles. The summed E-state index contributed by atoms with van der Waals surface area (Å²) in [6.07, 6.45) is 1.61. The van der Waals surface area contributed by atoms with Crippen molar-refractivity contribution in [2.24, 2.45) is 0 Å². The number of benzene rings is 3. The average molecular weight is 364 g/mol. The van der Waals surface area contributed by atoms with Crippen LogP contribution in [0.4, 0.5) is 0 Å². The van der Waals surface area contributed by atoms with Gasteiger partial charge in [-0.25, -0.2) is 4.79 Å². The number of hydrogen-bond acceptors (Lipinski definition) is 4. The van der Waals surface area contributed by atoms with Crippen LogP contribution in [0.15, 0.2) is 54.6 Å². The third kappa shape index (κ3) is 3.58. The minimum Gasteiger partial charge on any atom is -0.493 e. The normalized spacial score (nSPS) is 11.3. The summed E-state index contributed by atoms with van der Waals surface area (Å²) in [5, 5.41) is 11.7. The summed E-state index contributed by atoms with van der Waals surface area (Å²) in [5.41, 5.74) is 1.46. The summed E-state index contributed by atoms with van der Waals surface area (Å²) in [6.45, 7) is 0. The molecule has 0 spiro atoms. The van der Waals surface area contributed by atoms with Crippen molar-refractivity contribution in [1.82, 2.24) is 0 Å². The van der Waals surface area contributed by atoms with Crippen molar-refractivity contribution in [3.8, 4) is 17.2 Å². The fourth-order valence-corrected chi connectivity index (χ4v) is 3.07. The summed E-state index contributed by atoms with van der Waals surface area (Å²) in [5.74, 6) is 0.371. The summed E-state index contributed by atoms with van der Waals surface area (Å²) in [6, 6.07) is 16.7. The summed E-state index contributed by atoms with van der Waals surface area (Å²) in [7, 11) is 4.57. The Hall–Kier alpha value is -3.47. The number of ether oxygens (including phenoxy) is 3. The van der Waals surface area contributed by atoms with E-state index in [0.29, 0.717) is 28.4 Å². The minimum absolute atomic E-state index is 0.182. The molecular formula is C22H20O5. The van der Waals surface area contributed by atoms with Crippen molar-refractivity contribution in [1.29, 1.82) is 0 Å². The Bertz CT molecular complexity index is 990. The molecule has 3 rings (SSSR count). The number of carboxylic acids is 1. The fraction of sp³-hybridized carbons (Fsp3) is 0.136. The summed E-state index contributed by atoms with van der Waals surface area (Å²) < 4.78 is 16.0. The van der Waals surface area contributed by atoms with Crippen LogP contribution < -0.4 is 14.2 Å². The standard InChI is InChI=1S/C22H20O5/c1-25-19-12-14(13-20(26-2)21(19)27-3)11-18(22(23)24)17-10-6-8-15-7-4-5-9-16(15)17/h4-13H,1-3H3,(H,23,24)/b18-11-. The highest BCUT2D eigenvalue weighted by Gasteiger charge is 2.16. The van der Waals surface area contributed by atoms with Crippen molar-refractivity contribution in [2.75, 3.05) is 21.3 Å². The molecular weight excluding hydrogens is 344 g/mol. The van der Waals surface area contributed by atoms with Gasteiger partial charge in [0.25, 0.3) is 0 Å². The molecule has 1 N–H and O–H groups in total. The topological polar surface area (TPSA) is 65.0 Å². The molecule has 0 fully saturated rings. The smallest absolute Gasteiger partial charge is 0.336 e. The molecule has 0 saturated carbocycles. The van der Waals surface area contributed by atoms with Gasteiger partial charge in [0.15, 0.2) is 11.5 Å². The minimum atomic E-state index is -1.01. The Morgan fingerprint density at radius 2 is 1.52 bits per heavy atom. The van der Waals surface area contributed by atoms with Gasteiger partial charge in [0.1, 0.15) is 0 Å². The van der Waals surface area contributed by atoms with Crippen LogP contribution in [0.3, 0.4) is 0 Å². The number of methoxy groups -OCH3 is 3. The van der Waals surface area contributed by atoms with Crippen LogP contribution in [0, 0.1) is 0 Å². The van der Waals surface area contributed by atoms with Gasteiger partial charge >= 0.3 is 5.97 Å². The Morgan fingerprint density at radius 3 is 2.11 bits per heavy atom. The van der Waals surface area contributed by atoms with Crippen molar-refractivity contribution in [3.05, 3.63) is 65.7 Å². The first kappa shape index (κ1) is 18.3. The predicted octanol–water partition coefficient (Wildman–Crippen LogP) is 4.49. The molecule has 0 unspecified atom stereocenters. The number of hydrogen-bond donors (Lipinski definition) is 1. The van der Waals surface area contributed by atoms with Gasteiger partial charge in [-0.15, -0.1) is 0 Å². The van der Waals surface area contributed by atoms with Crippen LogP contribution in [0.5, 0.6) is 17.2 Å². The van der Waals surface area contributed by atoms with Gasteiger partial charge in [-0.05, 0) is 40.1 Å². The molecule has 3 aromatic rings. The van der Waals surface area contributed by atoms with Crippen molar-refractivity contribution in [3.63, 3.8) is 0 Å². The molecule has 0 heterocycles. The zero-order valence-electron chi connectivity index (χ0n) is 15.4. The Balaban J connectivity index is 2.21. The van der Waals surface area contributed by atoms with Gasteiger partial charge in [-0.1, -0.05) is 42.5 Å². The maximum absolute atomic E-state index is 12.0. The molecule has 0 aromatic heterocycles. The molecule has 138 valence electrons. The average Bonchev–Trinajstić information content (AvgIpc) is 2.70. The molecule has 0 aliphatic rings. The quantitative estimate of drug-likeness (QED) is 0.516. The van der Waals surface area contributed by atoms with E-state index in [1.165, 1.54) is 21.3 Å². The van der Waals surface area contributed by atoms with E-state index in [1.807, 2.05) is 36.4 Å². The van der Waals surface area contributed by atoms with Crippen molar-refractivity contribution < 1.29 is 24.1 Å². The monoisotopic (exact) mass is 364 g/mol. The van der Waals surface area contributed by atoms with E-state index in [0.717, 1.165) is 10.8 Å². The first-order valence-electron chi connectivity index (χ1n) is 8.32. The van der Waals surface area contributed by atoms with Gasteiger partial charge in [-0.3, -0.25) is 0 Å². The van der Waals surface area contributed by atoms with Gasteiger partial charge < -0.3 is 19.3 Å². The molecule has 3 aromatic carbocycles. The van der Waals surface area contributed by atoms with Gasteiger partial charge in [0.05, 0.1) is 26.9 Å². The molecule has 0 aliphatic carbocycles. The molecule has 0 bridgehead atoms. The zero-order chi connectivity index (χ0) is 19.4. The van der Waals surface area contributed by atoms with Crippen LogP contribution in [0.25, 0.3) is 22.4 Å². The molecule has 5 heteroatoms. The molecule has 0 radical (unpaired) electrons. The maximum Gasteiger partial charge on any atom is 0.336 e. The van der Waals surface area contributed by atoms with Crippen LogP contribution in [-0.2, 0) is 4.79 Å². The first-order valence-corrected chi connectivity index (χ1v) is 8.32. The van der Waals surface area contributed by atoms with Gasteiger partial charge in [0.2, 0.25) is 5.75 Å². The number of carbonyl (C=O) groups is 1. The maximum atomic E-state index is 12.0. The van der Waals surface area contributed by atoms with E-state index >= 15 is 0 Å². The van der Waals surface area contributed by atoms with Crippen molar-refractivity contribution in [2.45, 2.75) is 0 Å². The van der Waals surface area contributed by atoms with Crippen LogP contribution in [0.1, 0.15) is 11.1 Å². The highest BCUT2D eigenvalue weighted by molar-refractivity contribution is 6.24. The van der Waals surface area contributed by atoms with Gasteiger partial charge in [0, 0.05) is 0 Å². The number of aliphatic carboxylic acids is 1. The van der Waals surface area contributed by atoms with Crippen LogP contribution in [0.2, 0.25) is 0 Å². The van der Waals surface area contributed by atoms with Crippen LogP contribution in [-0.4, -0.2) is 32.4 Å². The Kier molecular flexibility index (Phi) is 5.31. The van der Waals surface area contributed by atoms with E-state index in [2.05, 4.69) is 0 Å². The van der Waals surface area contributed by atoms with E-state index in [-0.39, 0.29) is 5.57 Å². The van der Waals surface area contributed by atoms with E-state index in [9.17, 15) is 9.90 Å². The highest BCUT2D eigenvalue weighted by atomic mass is 16.5. The SMILES string of the molecule is COc1cc(/C=C(\C(=O)O)c2cccc3ccccc23)cc(OC)c1OC. The predicted molar refractivity (Wildman–Crippen MR) is 106 cm³/mol. The molecule has 5 nitrogen and oxygen atoms in total. The zero-order valence-corrected chi connectivity index (χ0v) is 15.4. The highest BCUT2D eigenvalue weighted by Crippen LogP contribution is 2.39. The lowest BCUT2D eigenvalue weighted by atomic mass is 9.96. The fourth-order valence-electron chi connectivity index (χ4n) is 3.07. The summed E-state index contributed by atoms with van der Waals surface area (Å²) in [4.78, 5) is 12.0. The van der Waals surface area contributed by atoms with Crippen molar-refractivity contribution >= 4 is 28.4 Å². The number of carboxylic acid groups (broad SMARTS) is 1. The second-order valence-corrected chi connectivity index (χ2v) is 5.85. The number of fused-ring (bicyclic) bond motifs is 1. The lowest BCUT2D eigenvalue weighted by Gasteiger charge is -2.13. The lowest BCUT2D eigenvalue weighted by Crippen LogP contribution is -2.01. The third-order valence-corrected chi connectivity index (χ3v) is 4.31. The number of rotatable bonds is 6. The molecule has 27 heavy (non-hydrogen) atoms. The summed E-state index contributed by atoms with van der Waals surface area (Å²) >= 11 is 0.